The molecular formula is C32H68Cl2N2. The van der Waals surface area contributed by atoms with E-state index in [2.05, 4.69) is 54.2 Å². The summed E-state index contributed by atoms with van der Waals surface area (Å²) < 4.78 is 2.28. The summed E-state index contributed by atoms with van der Waals surface area (Å²) in [5, 5.41) is 0. The Bertz CT molecular complexity index is 409. The second kappa shape index (κ2) is 28.3. The van der Waals surface area contributed by atoms with Crippen molar-refractivity contribution in [2.45, 2.75) is 142 Å². The fourth-order valence-corrected chi connectivity index (χ4v) is 4.96. The maximum atomic E-state index is 2.45. The van der Waals surface area contributed by atoms with E-state index < -0.39 is 0 Å². The van der Waals surface area contributed by atoms with E-state index in [-0.39, 0.29) is 24.8 Å². The number of nitrogens with zero attached hydrogens (tertiary/aromatic N) is 2. The van der Waals surface area contributed by atoms with Gasteiger partial charge in [-0.2, -0.15) is 0 Å². The van der Waals surface area contributed by atoms with Gasteiger partial charge in [0.1, 0.15) is 0 Å². The summed E-state index contributed by atoms with van der Waals surface area (Å²) in [6, 6.07) is 0. The van der Waals surface area contributed by atoms with Gasteiger partial charge in [-0.3, -0.25) is 0 Å². The molecule has 0 bridgehead atoms. The molecular weight excluding hydrogens is 483 g/mol. The Kier molecular flexibility index (Phi) is 32.0. The molecule has 0 aliphatic carbocycles. The molecule has 4 heteroatoms. The summed E-state index contributed by atoms with van der Waals surface area (Å²) in [7, 11) is 9.62. The molecule has 0 atom stereocenters. The third kappa shape index (κ3) is 30.5. The molecule has 0 spiro atoms. The van der Waals surface area contributed by atoms with Gasteiger partial charge in [-0.15, -0.1) is 0 Å². The van der Waals surface area contributed by atoms with E-state index in [9.17, 15) is 0 Å². The molecule has 0 aliphatic rings. The molecule has 220 valence electrons. The second-order valence-electron chi connectivity index (χ2n) is 12.5. The molecule has 0 saturated heterocycles. The number of rotatable bonds is 26. The van der Waals surface area contributed by atoms with Gasteiger partial charge in [0.25, 0.3) is 0 Å². The van der Waals surface area contributed by atoms with Gasteiger partial charge < -0.3 is 33.8 Å². The number of quaternary nitrogens is 2. The standard InChI is InChI=1S/C32H68N2.2ClH/c1-7-9-11-13-15-17-19-21-23-25-29-33(3,4)31-27-28-32-34(5,6)30-26-24-22-20-18-16-14-12-10-8-2;;/h27-28H,7-26,29-32H2,1-6H3;2*1H/q+2;;/p-2/b28-27-;;. The summed E-state index contributed by atoms with van der Waals surface area (Å²) >= 11 is 0. The zero-order chi connectivity index (χ0) is 25.4. The molecule has 0 aromatic rings. The van der Waals surface area contributed by atoms with Crippen LogP contribution in [0.1, 0.15) is 142 Å². The first kappa shape index (κ1) is 40.7. The van der Waals surface area contributed by atoms with Crippen LogP contribution in [0.5, 0.6) is 0 Å². The quantitative estimate of drug-likeness (QED) is 0.0877. The number of unbranched alkanes of at least 4 members (excludes halogenated alkanes) is 18. The first-order valence-electron chi connectivity index (χ1n) is 15.6. The Balaban J connectivity index is -0.00000544. The predicted molar refractivity (Wildman–Crippen MR) is 157 cm³/mol. The minimum Gasteiger partial charge on any atom is -1.00 e. The van der Waals surface area contributed by atoms with Gasteiger partial charge in [-0.1, -0.05) is 117 Å². The molecule has 0 N–H and O–H groups in total. The molecule has 0 aromatic carbocycles. The van der Waals surface area contributed by atoms with E-state index in [0.717, 1.165) is 8.97 Å². The van der Waals surface area contributed by atoms with Crippen molar-refractivity contribution in [3.8, 4) is 0 Å². The fourth-order valence-electron chi connectivity index (χ4n) is 4.96. The second-order valence-corrected chi connectivity index (χ2v) is 12.5. The van der Waals surface area contributed by atoms with Crippen molar-refractivity contribution in [2.75, 3.05) is 54.4 Å². The first-order valence-corrected chi connectivity index (χ1v) is 15.6. The Hall–Kier alpha value is 0.240. The number of hydrogen-bond donors (Lipinski definition) is 0. The number of hydrogen-bond acceptors (Lipinski definition) is 0. The molecule has 0 saturated carbocycles. The summed E-state index contributed by atoms with van der Waals surface area (Å²) in [5.41, 5.74) is 0. The van der Waals surface area contributed by atoms with Crippen LogP contribution in [-0.4, -0.2) is 63.3 Å². The average molecular weight is 552 g/mol. The van der Waals surface area contributed by atoms with Gasteiger partial charge in [0.2, 0.25) is 0 Å². The lowest BCUT2D eigenvalue weighted by atomic mass is 10.1. The van der Waals surface area contributed by atoms with E-state index >= 15 is 0 Å². The largest absolute Gasteiger partial charge is 1.00 e. The van der Waals surface area contributed by atoms with Crippen LogP contribution >= 0.6 is 0 Å². The highest BCUT2D eigenvalue weighted by atomic mass is 35.5. The Morgan fingerprint density at radius 2 is 0.583 bits per heavy atom. The molecule has 0 amide bonds. The monoisotopic (exact) mass is 550 g/mol. The molecule has 0 fully saturated rings. The van der Waals surface area contributed by atoms with Crippen molar-refractivity contribution in [3.63, 3.8) is 0 Å². The molecule has 0 rings (SSSR count). The van der Waals surface area contributed by atoms with Crippen LogP contribution in [0.2, 0.25) is 0 Å². The topological polar surface area (TPSA) is 0 Å². The lowest BCUT2D eigenvalue weighted by Gasteiger charge is -2.30. The summed E-state index contributed by atoms with van der Waals surface area (Å²) in [5.74, 6) is 0. The van der Waals surface area contributed by atoms with Crippen molar-refractivity contribution < 1.29 is 33.8 Å². The van der Waals surface area contributed by atoms with Crippen molar-refractivity contribution in [1.29, 1.82) is 0 Å². The molecule has 2 nitrogen and oxygen atoms in total. The van der Waals surface area contributed by atoms with Gasteiger partial charge in [0, 0.05) is 0 Å². The minimum atomic E-state index is 0. The summed E-state index contributed by atoms with van der Waals surface area (Å²) in [6.07, 6.45) is 33.5. The molecule has 36 heavy (non-hydrogen) atoms. The van der Waals surface area contributed by atoms with Gasteiger partial charge in [-0.25, -0.2) is 0 Å². The maximum absolute atomic E-state index is 2.45. The Labute approximate surface area is 242 Å². The van der Waals surface area contributed by atoms with Crippen molar-refractivity contribution in [3.05, 3.63) is 12.2 Å². The number of halogens is 2. The van der Waals surface area contributed by atoms with E-state index in [0.29, 0.717) is 0 Å². The van der Waals surface area contributed by atoms with Gasteiger partial charge >= 0.3 is 0 Å². The lowest BCUT2D eigenvalue weighted by Crippen LogP contribution is -3.00. The van der Waals surface area contributed by atoms with Crippen molar-refractivity contribution >= 4 is 0 Å². The van der Waals surface area contributed by atoms with Crippen LogP contribution < -0.4 is 24.8 Å². The highest BCUT2D eigenvalue weighted by Gasteiger charge is 2.14. The zero-order valence-electron chi connectivity index (χ0n) is 25.8. The van der Waals surface area contributed by atoms with Crippen LogP contribution in [0.4, 0.5) is 0 Å². The van der Waals surface area contributed by atoms with Gasteiger partial charge in [0.15, 0.2) is 0 Å². The smallest absolute Gasteiger partial charge is 0.0971 e. The summed E-state index contributed by atoms with van der Waals surface area (Å²) in [6.45, 7) is 9.59. The minimum absolute atomic E-state index is 0. The lowest BCUT2D eigenvalue weighted by molar-refractivity contribution is -0.887. The third-order valence-corrected chi connectivity index (χ3v) is 7.60. The van der Waals surface area contributed by atoms with Crippen LogP contribution in [0.25, 0.3) is 0 Å². The first-order chi connectivity index (χ1) is 16.3. The van der Waals surface area contributed by atoms with E-state index in [4.69, 9.17) is 0 Å². The summed E-state index contributed by atoms with van der Waals surface area (Å²) in [4.78, 5) is 0. The highest BCUT2D eigenvalue weighted by molar-refractivity contribution is 4.81. The van der Waals surface area contributed by atoms with E-state index in [1.165, 1.54) is 155 Å². The molecule has 0 heterocycles. The molecule has 0 radical (unpaired) electrons. The average Bonchev–Trinajstić information content (AvgIpc) is 2.79. The Morgan fingerprint density at radius 1 is 0.361 bits per heavy atom. The SMILES string of the molecule is CCCCCCCCCCCC[N+](C)(C)C/C=C\C[N+](C)(C)CCCCCCCCCCCC.[Cl-].[Cl-]. The van der Waals surface area contributed by atoms with Crippen LogP contribution in [0.15, 0.2) is 12.2 Å². The van der Waals surface area contributed by atoms with Crippen molar-refractivity contribution in [2.24, 2.45) is 0 Å². The molecule has 0 aliphatic heterocycles. The fraction of sp³-hybridized carbons (Fsp3) is 0.938. The van der Waals surface area contributed by atoms with E-state index in [1.54, 1.807) is 0 Å². The van der Waals surface area contributed by atoms with Crippen LogP contribution in [0, 0.1) is 0 Å². The predicted octanol–water partition coefficient (Wildman–Crippen LogP) is 3.55. The van der Waals surface area contributed by atoms with Crippen LogP contribution in [0.3, 0.4) is 0 Å². The van der Waals surface area contributed by atoms with Gasteiger partial charge in [0.05, 0.1) is 54.4 Å². The normalized spacial score (nSPS) is 12.1. The van der Waals surface area contributed by atoms with Gasteiger partial charge in [-0.05, 0) is 37.8 Å². The number of likely N-dealkylation sites (N-methyl/N-ethyl adjacent to an activating group) is 2. The van der Waals surface area contributed by atoms with Crippen LogP contribution in [-0.2, 0) is 0 Å². The molecule has 0 aromatic heterocycles. The highest BCUT2D eigenvalue weighted by Crippen LogP contribution is 2.13. The Morgan fingerprint density at radius 3 is 0.833 bits per heavy atom. The van der Waals surface area contributed by atoms with Crippen molar-refractivity contribution in [1.82, 2.24) is 0 Å². The van der Waals surface area contributed by atoms with E-state index in [1.807, 2.05) is 0 Å². The molecule has 0 unspecified atom stereocenters. The maximum Gasteiger partial charge on any atom is 0.0971 e. The third-order valence-electron chi connectivity index (χ3n) is 7.60. The zero-order valence-corrected chi connectivity index (χ0v) is 27.3.